The summed E-state index contributed by atoms with van der Waals surface area (Å²) in [5, 5.41) is 4.26. The number of nitrogens with zero attached hydrogens (tertiary/aromatic N) is 1. The zero-order valence-corrected chi connectivity index (χ0v) is 16.7. The monoisotopic (exact) mass is 382 g/mol. The molecule has 1 aromatic carbocycles. The number of methoxy groups -OCH3 is 1. The van der Waals surface area contributed by atoms with Crippen LogP contribution in [0.15, 0.2) is 23.4 Å². The molecule has 136 valence electrons. The number of hydrogen-bond acceptors (Lipinski definition) is 4. The molecular weight excluding hydrogens is 360 g/mol. The quantitative estimate of drug-likeness (QED) is 0.754. The second-order valence-corrected chi connectivity index (χ2v) is 6.44. The highest BCUT2D eigenvalue weighted by molar-refractivity contribution is 7.80. The number of rotatable bonds is 6. The fourth-order valence-corrected chi connectivity index (χ4v) is 3.76. The van der Waals surface area contributed by atoms with Gasteiger partial charge in [0.1, 0.15) is 0 Å². The molecule has 5 nitrogen and oxygen atoms in total. The van der Waals surface area contributed by atoms with Crippen LogP contribution >= 0.6 is 23.8 Å². The molecule has 0 fully saturated rings. The first-order valence-electron chi connectivity index (χ1n) is 8.15. The Kier molecular flexibility index (Phi) is 6.30. The van der Waals surface area contributed by atoms with E-state index in [2.05, 4.69) is 5.32 Å². The normalized spacial score (nSPS) is 17.4. The van der Waals surface area contributed by atoms with Crippen molar-refractivity contribution in [3.8, 4) is 11.5 Å². The van der Waals surface area contributed by atoms with Gasteiger partial charge in [0.25, 0.3) is 0 Å². The molecule has 1 unspecified atom stereocenters. The van der Waals surface area contributed by atoms with Gasteiger partial charge in [-0.3, -0.25) is 4.79 Å². The Bertz CT molecular complexity index is 733. The molecule has 0 bridgehead atoms. The van der Waals surface area contributed by atoms with Gasteiger partial charge in [0.2, 0.25) is 0 Å². The highest BCUT2D eigenvalue weighted by Gasteiger charge is 2.32. The molecule has 1 atom stereocenters. The molecule has 1 N–H and O–H groups in total. The molecule has 0 saturated heterocycles. The van der Waals surface area contributed by atoms with E-state index >= 15 is 0 Å². The van der Waals surface area contributed by atoms with E-state index in [0.29, 0.717) is 40.4 Å². The highest BCUT2D eigenvalue weighted by Crippen LogP contribution is 2.40. The minimum Gasteiger partial charge on any atom is -0.491 e. The Morgan fingerprint density at radius 2 is 2.08 bits per heavy atom. The number of ether oxygens (including phenoxy) is 2. The minimum absolute atomic E-state index is 0.0131. The number of halogens is 1. The van der Waals surface area contributed by atoms with E-state index in [-0.39, 0.29) is 11.8 Å². The SMILES string of the molecule is CCOc1cc(C2NC(=S)N(CC)C(C)=C2C(C)=O)cc(Cl)c1OC. The van der Waals surface area contributed by atoms with Crippen LogP contribution in [-0.4, -0.2) is 36.1 Å². The van der Waals surface area contributed by atoms with E-state index in [4.69, 9.17) is 33.3 Å². The molecule has 0 amide bonds. The smallest absolute Gasteiger partial charge is 0.179 e. The van der Waals surface area contributed by atoms with Crippen LogP contribution < -0.4 is 14.8 Å². The third-order valence-corrected chi connectivity index (χ3v) is 4.78. The van der Waals surface area contributed by atoms with Crippen molar-refractivity contribution in [2.24, 2.45) is 0 Å². The van der Waals surface area contributed by atoms with Crippen LogP contribution in [0.1, 0.15) is 39.3 Å². The molecular formula is C18H23ClN2O3S. The number of carbonyl (C=O) groups is 1. The summed E-state index contributed by atoms with van der Waals surface area (Å²) in [6.07, 6.45) is 0. The Morgan fingerprint density at radius 3 is 2.60 bits per heavy atom. The van der Waals surface area contributed by atoms with Gasteiger partial charge in [-0.15, -0.1) is 0 Å². The van der Waals surface area contributed by atoms with Crippen molar-refractivity contribution in [3.05, 3.63) is 34.0 Å². The van der Waals surface area contributed by atoms with Crippen LogP contribution in [0.25, 0.3) is 0 Å². The molecule has 1 aliphatic rings. The first-order chi connectivity index (χ1) is 11.8. The molecule has 7 heteroatoms. The summed E-state index contributed by atoms with van der Waals surface area (Å²) >= 11 is 11.8. The van der Waals surface area contributed by atoms with Gasteiger partial charge >= 0.3 is 0 Å². The molecule has 0 spiro atoms. The lowest BCUT2D eigenvalue weighted by Gasteiger charge is -2.37. The van der Waals surface area contributed by atoms with Crippen LogP contribution in [0.4, 0.5) is 0 Å². The number of ketones is 1. The van der Waals surface area contributed by atoms with Crippen molar-refractivity contribution in [2.45, 2.75) is 33.7 Å². The second kappa shape index (κ2) is 8.06. The largest absolute Gasteiger partial charge is 0.491 e. The Balaban J connectivity index is 2.61. The third kappa shape index (κ3) is 3.75. The van der Waals surface area contributed by atoms with Crippen LogP contribution in [-0.2, 0) is 4.79 Å². The standard InChI is InChI=1S/C18H23ClN2O3S/c1-6-21-10(3)15(11(4)22)16(20-18(21)25)12-8-13(19)17(23-5)14(9-12)24-7-2/h8-9,16H,6-7H2,1-5H3,(H,20,25). The fourth-order valence-electron chi connectivity index (χ4n) is 3.08. The maximum absolute atomic E-state index is 12.3. The first kappa shape index (κ1) is 19.5. The molecule has 0 aliphatic carbocycles. The number of nitrogens with one attached hydrogen (secondary N) is 1. The molecule has 2 rings (SSSR count). The van der Waals surface area contributed by atoms with Gasteiger partial charge in [-0.1, -0.05) is 11.6 Å². The zero-order chi connectivity index (χ0) is 18.7. The number of benzene rings is 1. The summed E-state index contributed by atoms with van der Waals surface area (Å²) in [7, 11) is 1.54. The summed E-state index contributed by atoms with van der Waals surface area (Å²) in [4.78, 5) is 14.2. The molecule has 0 aromatic heterocycles. The average molecular weight is 383 g/mol. The van der Waals surface area contributed by atoms with Gasteiger partial charge in [0, 0.05) is 17.8 Å². The topological polar surface area (TPSA) is 50.8 Å². The van der Waals surface area contributed by atoms with Gasteiger partial charge in [-0.25, -0.2) is 0 Å². The van der Waals surface area contributed by atoms with Crippen LogP contribution in [0.5, 0.6) is 11.5 Å². The molecule has 1 aliphatic heterocycles. The van der Waals surface area contributed by atoms with Gasteiger partial charge in [0.05, 0.1) is 24.8 Å². The lowest BCUT2D eigenvalue weighted by Crippen LogP contribution is -2.47. The van der Waals surface area contributed by atoms with Crippen molar-refractivity contribution >= 4 is 34.7 Å². The molecule has 25 heavy (non-hydrogen) atoms. The summed E-state index contributed by atoms with van der Waals surface area (Å²) in [6.45, 7) is 8.52. The van der Waals surface area contributed by atoms with Crippen molar-refractivity contribution in [1.29, 1.82) is 0 Å². The van der Waals surface area contributed by atoms with Crippen molar-refractivity contribution < 1.29 is 14.3 Å². The maximum atomic E-state index is 12.3. The van der Waals surface area contributed by atoms with E-state index in [0.717, 1.165) is 11.3 Å². The molecule has 0 saturated carbocycles. The summed E-state index contributed by atoms with van der Waals surface area (Å²) < 4.78 is 11.0. The van der Waals surface area contributed by atoms with E-state index < -0.39 is 0 Å². The van der Waals surface area contributed by atoms with E-state index in [1.54, 1.807) is 20.1 Å². The number of allylic oxidation sites excluding steroid dienone is 1. The Morgan fingerprint density at radius 1 is 1.40 bits per heavy atom. The predicted octanol–water partition coefficient (Wildman–Crippen LogP) is 3.86. The average Bonchev–Trinajstić information content (AvgIpc) is 2.54. The van der Waals surface area contributed by atoms with Gasteiger partial charge in [-0.05, 0) is 57.6 Å². The predicted molar refractivity (Wildman–Crippen MR) is 103 cm³/mol. The minimum atomic E-state index is -0.379. The van der Waals surface area contributed by atoms with Crippen molar-refractivity contribution in [2.75, 3.05) is 20.3 Å². The zero-order valence-electron chi connectivity index (χ0n) is 15.1. The van der Waals surface area contributed by atoms with Crippen LogP contribution in [0.2, 0.25) is 5.02 Å². The molecule has 0 radical (unpaired) electrons. The fraction of sp³-hybridized carbons (Fsp3) is 0.444. The van der Waals surface area contributed by atoms with Crippen LogP contribution in [0.3, 0.4) is 0 Å². The number of hydrogen-bond donors (Lipinski definition) is 1. The van der Waals surface area contributed by atoms with Gasteiger partial charge in [0.15, 0.2) is 22.4 Å². The van der Waals surface area contributed by atoms with Crippen LogP contribution in [0, 0.1) is 0 Å². The number of Topliss-reactive ketones (excluding diaryl/α,β-unsaturated/α-hetero) is 1. The molecule has 1 aromatic rings. The van der Waals surface area contributed by atoms with E-state index in [9.17, 15) is 4.79 Å². The number of thiocarbonyl (C=S) groups is 1. The van der Waals surface area contributed by atoms with Gasteiger partial charge < -0.3 is 19.7 Å². The van der Waals surface area contributed by atoms with E-state index in [1.807, 2.05) is 31.7 Å². The first-order valence-corrected chi connectivity index (χ1v) is 8.94. The Hall–Kier alpha value is -1.79. The highest BCUT2D eigenvalue weighted by atomic mass is 35.5. The molecule has 1 heterocycles. The lowest BCUT2D eigenvalue weighted by molar-refractivity contribution is -0.114. The number of carbonyl (C=O) groups excluding carboxylic acids is 1. The van der Waals surface area contributed by atoms with Gasteiger partial charge in [-0.2, -0.15) is 0 Å². The Labute approximate surface area is 158 Å². The summed E-state index contributed by atoms with van der Waals surface area (Å²) in [5.74, 6) is 1.01. The van der Waals surface area contributed by atoms with E-state index in [1.165, 1.54) is 0 Å². The van der Waals surface area contributed by atoms with Crippen molar-refractivity contribution in [1.82, 2.24) is 10.2 Å². The lowest BCUT2D eigenvalue weighted by atomic mass is 9.92. The van der Waals surface area contributed by atoms with Crippen molar-refractivity contribution in [3.63, 3.8) is 0 Å². The summed E-state index contributed by atoms with van der Waals surface area (Å²) in [5.41, 5.74) is 2.32. The second-order valence-electron chi connectivity index (χ2n) is 5.65. The summed E-state index contributed by atoms with van der Waals surface area (Å²) in [6, 6.07) is 3.24. The third-order valence-electron chi connectivity index (χ3n) is 4.16. The maximum Gasteiger partial charge on any atom is 0.179 e.